The number of anilines is 2. The van der Waals surface area contributed by atoms with Crippen molar-refractivity contribution in [1.29, 1.82) is 0 Å². The number of nitrogens with zero attached hydrogens (tertiary/aromatic N) is 3. The van der Waals surface area contributed by atoms with Gasteiger partial charge in [0.25, 0.3) is 0 Å². The number of hydrogen-bond donors (Lipinski definition) is 1. The van der Waals surface area contributed by atoms with Gasteiger partial charge < -0.3 is 24.8 Å². The largest absolute Gasteiger partial charge is 0.452 e. The van der Waals surface area contributed by atoms with Gasteiger partial charge in [0.15, 0.2) is 17.3 Å². The molecule has 0 bridgehead atoms. The molecule has 0 saturated carbocycles. The zero-order valence-electron chi connectivity index (χ0n) is 17.6. The van der Waals surface area contributed by atoms with Crippen LogP contribution in [0, 0.1) is 5.82 Å². The standard InChI is InChI=1S/C23H27FN4O3/c1-15-13-27(7-9-29-15)20-12-19-16(14-28(26-19)23-4-2-3-8-30-23)10-22(20)31-21-6-5-17(25)11-18(21)24/h5-6,10-12,14-15,23H,2-4,7-9,13,25H2,1H3. The van der Waals surface area contributed by atoms with Gasteiger partial charge in [0.2, 0.25) is 0 Å². The van der Waals surface area contributed by atoms with Crippen molar-refractivity contribution in [2.75, 3.05) is 36.9 Å². The number of benzene rings is 2. The van der Waals surface area contributed by atoms with Crippen LogP contribution in [0.1, 0.15) is 32.4 Å². The van der Waals surface area contributed by atoms with Gasteiger partial charge in [-0.1, -0.05) is 0 Å². The quantitative estimate of drug-likeness (QED) is 0.621. The van der Waals surface area contributed by atoms with Crippen LogP contribution in [0.2, 0.25) is 0 Å². The Balaban J connectivity index is 1.55. The first-order valence-corrected chi connectivity index (χ1v) is 10.8. The Kier molecular flexibility index (Phi) is 5.41. The maximum absolute atomic E-state index is 14.5. The first-order chi connectivity index (χ1) is 15.1. The highest BCUT2D eigenvalue weighted by Crippen LogP contribution is 2.38. The van der Waals surface area contributed by atoms with Crippen LogP contribution in [-0.4, -0.2) is 42.2 Å². The number of nitrogens with two attached hydrogens (primary N) is 1. The van der Waals surface area contributed by atoms with Crippen molar-refractivity contribution in [2.45, 2.75) is 38.5 Å². The first-order valence-electron chi connectivity index (χ1n) is 10.8. The van der Waals surface area contributed by atoms with E-state index in [1.165, 1.54) is 6.07 Å². The van der Waals surface area contributed by atoms with Crippen molar-refractivity contribution < 1.29 is 18.6 Å². The van der Waals surface area contributed by atoms with Gasteiger partial charge in [-0.25, -0.2) is 9.07 Å². The van der Waals surface area contributed by atoms with Crippen molar-refractivity contribution >= 4 is 22.3 Å². The average Bonchev–Trinajstić information content (AvgIpc) is 3.19. The van der Waals surface area contributed by atoms with Gasteiger partial charge >= 0.3 is 0 Å². The Hall–Kier alpha value is -2.84. The molecule has 2 N–H and O–H groups in total. The van der Waals surface area contributed by atoms with Crippen molar-refractivity contribution in [3.63, 3.8) is 0 Å². The highest BCUT2D eigenvalue weighted by atomic mass is 19.1. The van der Waals surface area contributed by atoms with Crippen LogP contribution in [-0.2, 0) is 9.47 Å². The highest BCUT2D eigenvalue weighted by molar-refractivity contribution is 5.86. The molecule has 5 rings (SSSR count). The Morgan fingerprint density at radius 2 is 2.03 bits per heavy atom. The Morgan fingerprint density at radius 3 is 2.81 bits per heavy atom. The Labute approximate surface area is 180 Å². The molecule has 0 radical (unpaired) electrons. The lowest BCUT2D eigenvalue weighted by molar-refractivity contribution is -0.0390. The lowest BCUT2D eigenvalue weighted by atomic mass is 10.1. The molecule has 3 aromatic rings. The number of rotatable bonds is 4. The third-order valence-electron chi connectivity index (χ3n) is 5.81. The number of morpholine rings is 1. The van der Waals surface area contributed by atoms with Crippen LogP contribution in [0.15, 0.2) is 36.5 Å². The minimum absolute atomic E-state index is 0.0491. The Bertz CT molecular complexity index is 1080. The summed E-state index contributed by atoms with van der Waals surface area (Å²) < 4.78 is 34.0. The fourth-order valence-corrected chi connectivity index (χ4v) is 4.22. The molecular weight excluding hydrogens is 399 g/mol. The first kappa shape index (κ1) is 20.1. The monoisotopic (exact) mass is 426 g/mol. The van der Waals surface area contributed by atoms with Crippen molar-refractivity contribution in [3.8, 4) is 11.5 Å². The summed E-state index contributed by atoms with van der Waals surface area (Å²) in [5.41, 5.74) is 7.77. The smallest absolute Gasteiger partial charge is 0.167 e. The van der Waals surface area contributed by atoms with Crippen molar-refractivity contribution in [2.24, 2.45) is 0 Å². The van der Waals surface area contributed by atoms with E-state index in [-0.39, 0.29) is 18.1 Å². The third-order valence-corrected chi connectivity index (χ3v) is 5.81. The highest BCUT2D eigenvalue weighted by Gasteiger charge is 2.23. The van der Waals surface area contributed by atoms with E-state index >= 15 is 0 Å². The molecule has 2 atom stereocenters. The summed E-state index contributed by atoms with van der Waals surface area (Å²) in [5.74, 6) is 0.223. The molecule has 0 aliphatic carbocycles. The van der Waals surface area contributed by atoms with Crippen LogP contribution < -0.4 is 15.4 Å². The van der Waals surface area contributed by atoms with Crippen LogP contribution >= 0.6 is 0 Å². The maximum Gasteiger partial charge on any atom is 0.167 e. The topological polar surface area (TPSA) is 74.8 Å². The van der Waals surface area contributed by atoms with Gasteiger partial charge in [-0.2, -0.15) is 5.10 Å². The van der Waals surface area contributed by atoms with Crippen LogP contribution in [0.3, 0.4) is 0 Å². The number of halogens is 1. The minimum Gasteiger partial charge on any atom is -0.452 e. The molecule has 2 fully saturated rings. The number of fused-ring (bicyclic) bond motifs is 1. The molecule has 2 aliphatic heterocycles. The summed E-state index contributed by atoms with van der Waals surface area (Å²) in [4.78, 5) is 2.20. The molecule has 1 aromatic heterocycles. The molecule has 8 heteroatoms. The van der Waals surface area contributed by atoms with E-state index in [1.807, 2.05) is 29.9 Å². The second-order valence-electron chi connectivity index (χ2n) is 8.23. The lowest BCUT2D eigenvalue weighted by Gasteiger charge is -2.33. The summed E-state index contributed by atoms with van der Waals surface area (Å²) in [6.45, 7) is 4.86. The summed E-state index contributed by atoms with van der Waals surface area (Å²) >= 11 is 0. The van der Waals surface area contributed by atoms with E-state index in [4.69, 9.17) is 25.0 Å². The molecule has 2 aliphatic rings. The average molecular weight is 426 g/mol. The van der Waals surface area contributed by atoms with Crippen molar-refractivity contribution in [1.82, 2.24) is 9.78 Å². The van der Waals surface area contributed by atoms with Gasteiger partial charge in [-0.3, -0.25) is 0 Å². The normalized spacial score (nSPS) is 22.1. The third kappa shape index (κ3) is 4.18. The minimum atomic E-state index is -0.493. The van der Waals surface area contributed by atoms with Crippen LogP contribution in [0.25, 0.3) is 10.9 Å². The summed E-state index contributed by atoms with van der Waals surface area (Å²) in [7, 11) is 0. The second kappa shape index (κ2) is 8.36. The summed E-state index contributed by atoms with van der Waals surface area (Å²) in [6, 6.07) is 8.39. The van der Waals surface area contributed by atoms with E-state index in [0.29, 0.717) is 18.0 Å². The second-order valence-corrected chi connectivity index (χ2v) is 8.23. The molecule has 7 nitrogen and oxygen atoms in total. The van der Waals surface area contributed by atoms with E-state index in [2.05, 4.69) is 4.90 Å². The fraction of sp³-hybridized carbons (Fsp3) is 0.435. The van der Waals surface area contributed by atoms with E-state index < -0.39 is 5.82 Å². The Morgan fingerprint density at radius 1 is 1.13 bits per heavy atom. The zero-order chi connectivity index (χ0) is 21.4. The van der Waals surface area contributed by atoms with E-state index in [9.17, 15) is 4.39 Å². The number of hydrogen-bond acceptors (Lipinski definition) is 6. The molecule has 0 amide bonds. The van der Waals surface area contributed by atoms with Crippen LogP contribution in [0.5, 0.6) is 11.5 Å². The maximum atomic E-state index is 14.5. The van der Waals surface area contributed by atoms with Crippen molar-refractivity contribution in [3.05, 3.63) is 42.3 Å². The van der Waals surface area contributed by atoms with Crippen LogP contribution in [0.4, 0.5) is 15.8 Å². The molecule has 2 unspecified atom stereocenters. The molecule has 31 heavy (non-hydrogen) atoms. The molecular formula is C23H27FN4O3. The predicted molar refractivity (Wildman–Crippen MR) is 117 cm³/mol. The van der Waals surface area contributed by atoms with Gasteiger partial charge in [-0.05, 0) is 50.5 Å². The van der Waals surface area contributed by atoms with Gasteiger partial charge in [0, 0.05) is 43.0 Å². The van der Waals surface area contributed by atoms with Gasteiger partial charge in [0.05, 0.1) is 23.9 Å². The number of ether oxygens (including phenoxy) is 3. The molecule has 3 heterocycles. The molecule has 2 saturated heterocycles. The SMILES string of the molecule is CC1CN(c2cc3nn(C4CCCCO4)cc3cc2Oc2ccc(N)cc2F)CCO1. The number of nitrogen functional groups attached to an aromatic ring is 1. The van der Waals surface area contributed by atoms with E-state index in [1.54, 1.807) is 12.1 Å². The molecule has 2 aromatic carbocycles. The number of aromatic nitrogens is 2. The van der Waals surface area contributed by atoms with Gasteiger partial charge in [0.1, 0.15) is 6.23 Å². The summed E-state index contributed by atoms with van der Waals surface area (Å²) in [6.07, 6.45) is 5.18. The summed E-state index contributed by atoms with van der Waals surface area (Å²) in [5, 5.41) is 5.70. The lowest BCUT2D eigenvalue weighted by Crippen LogP contribution is -2.41. The van der Waals surface area contributed by atoms with E-state index in [0.717, 1.165) is 55.5 Å². The molecule has 0 spiro atoms. The predicted octanol–water partition coefficient (Wildman–Crippen LogP) is 4.47. The zero-order valence-corrected chi connectivity index (χ0v) is 17.6. The molecule has 164 valence electrons. The fourth-order valence-electron chi connectivity index (χ4n) is 4.22. The van der Waals surface area contributed by atoms with Gasteiger partial charge in [-0.15, -0.1) is 0 Å².